The third-order valence-electron chi connectivity index (χ3n) is 2.51. The molecular formula is C14H9Br2IO. The maximum atomic E-state index is 12.2. The number of benzene rings is 2. The summed E-state index contributed by atoms with van der Waals surface area (Å²) in [6, 6.07) is 13.6. The van der Waals surface area contributed by atoms with Crippen molar-refractivity contribution in [3.8, 4) is 0 Å². The van der Waals surface area contributed by atoms with Crippen molar-refractivity contribution < 1.29 is 4.79 Å². The quantitative estimate of drug-likeness (QED) is 0.434. The van der Waals surface area contributed by atoms with Crippen LogP contribution in [0.2, 0.25) is 0 Å². The minimum absolute atomic E-state index is 0.121. The monoisotopic (exact) mass is 478 g/mol. The van der Waals surface area contributed by atoms with Gasteiger partial charge in [0.15, 0.2) is 5.78 Å². The van der Waals surface area contributed by atoms with Gasteiger partial charge < -0.3 is 0 Å². The lowest BCUT2D eigenvalue weighted by atomic mass is 10.0. The van der Waals surface area contributed by atoms with Gasteiger partial charge >= 0.3 is 0 Å². The van der Waals surface area contributed by atoms with E-state index in [1.54, 1.807) is 0 Å². The van der Waals surface area contributed by atoms with E-state index >= 15 is 0 Å². The van der Waals surface area contributed by atoms with E-state index in [9.17, 15) is 4.79 Å². The molecule has 0 aliphatic heterocycles. The highest BCUT2D eigenvalue weighted by atomic mass is 127. The number of hydrogen-bond acceptors (Lipinski definition) is 1. The highest BCUT2D eigenvalue weighted by molar-refractivity contribution is 14.1. The molecule has 2 aromatic carbocycles. The van der Waals surface area contributed by atoms with Crippen molar-refractivity contribution in [1.82, 2.24) is 0 Å². The van der Waals surface area contributed by atoms with Gasteiger partial charge in [-0.3, -0.25) is 4.79 Å². The molecule has 2 aromatic rings. The van der Waals surface area contributed by atoms with Gasteiger partial charge in [0.1, 0.15) is 0 Å². The Morgan fingerprint density at radius 3 is 2.33 bits per heavy atom. The molecular weight excluding hydrogens is 471 g/mol. The first-order valence-corrected chi connectivity index (χ1v) is 7.95. The van der Waals surface area contributed by atoms with Crippen molar-refractivity contribution in [2.45, 2.75) is 6.42 Å². The first-order valence-electron chi connectivity index (χ1n) is 5.29. The number of carbonyl (C=O) groups is 1. The summed E-state index contributed by atoms with van der Waals surface area (Å²) in [7, 11) is 0. The Balaban J connectivity index is 2.19. The van der Waals surface area contributed by atoms with Crippen LogP contribution in [-0.4, -0.2) is 5.78 Å². The molecule has 0 aliphatic carbocycles. The number of carbonyl (C=O) groups excluding carboxylic acids is 1. The third kappa shape index (κ3) is 3.65. The molecule has 0 saturated carbocycles. The van der Waals surface area contributed by atoms with E-state index < -0.39 is 0 Å². The van der Waals surface area contributed by atoms with E-state index in [1.165, 1.54) is 3.57 Å². The Bertz CT molecular complexity index is 579. The molecule has 0 N–H and O–H groups in total. The molecule has 0 heterocycles. The molecule has 0 fully saturated rings. The van der Waals surface area contributed by atoms with Crippen LogP contribution in [0.3, 0.4) is 0 Å². The Labute approximate surface area is 136 Å². The smallest absolute Gasteiger partial charge is 0.168 e. The van der Waals surface area contributed by atoms with E-state index in [0.717, 1.165) is 20.1 Å². The fourth-order valence-corrected chi connectivity index (χ4v) is 3.23. The van der Waals surface area contributed by atoms with Crippen molar-refractivity contribution in [2.24, 2.45) is 0 Å². The number of hydrogen-bond donors (Lipinski definition) is 0. The fourth-order valence-electron chi connectivity index (χ4n) is 1.60. The summed E-state index contributed by atoms with van der Waals surface area (Å²) in [5.74, 6) is 0.121. The third-order valence-corrected chi connectivity index (χ3v) is 4.38. The summed E-state index contributed by atoms with van der Waals surface area (Å²) in [5, 5.41) is 0. The summed E-state index contributed by atoms with van der Waals surface area (Å²) >= 11 is 9.05. The maximum Gasteiger partial charge on any atom is 0.168 e. The van der Waals surface area contributed by atoms with Crippen molar-refractivity contribution >= 4 is 60.2 Å². The van der Waals surface area contributed by atoms with Crippen LogP contribution in [-0.2, 0) is 6.42 Å². The number of rotatable bonds is 3. The second kappa shape index (κ2) is 6.30. The van der Waals surface area contributed by atoms with Gasteiger partial charge in [0.25, 0.3) is 0 Å². The van der Waals surface area contributed by atoms with Crippen molar-refractivity contribution in [3.63, 3.8) is 0 Å². The van der Waals surface area contributed by atoms with Crippen LogP contribution >= 0.6 is 54.5 Å². The van der Waals surface area contributed by atoms with Gasteiger partial charge in [-0.1, -0.05) is 44.0 Å². The van der Waals surface area contributed by atoms with Gasteiger partial charge in [-0.15, -0.1) is 0 Å². The topological polar surface area (TPSA) is 17.1 Å². The predicted octanol–water partition coefficient (Wildman–Crippen LogP) is 5.24. The molecule has 0 aliphatic rings. The minimum atomic E-state index is 0.121. The lowest BCUT2D eigenvalue weighted by Gasteiger charge is -2.05. The van der Waals surface area contributed by atoms with Crippen LogP contribution in [0.5, 0.6) is 0 Å². The standard InChI is InChI=1S/C14H9Br2IO/c15-10-3-6-12(13(16)8-10)14(18)7-9-1-4-11(17)5-2-9/h1-6,8H,7H2. The summed E-state index contributed by atoms with van der Waals surface area (Å²) in [5.41, 5.74) is 1.76. The molecule has 0 saturated heterocycles. The molecule has 0 radical (unpaired) electrons. The average molecular weight is 480 g/mol. The second-order valence-corrected chi connectivity index (χ2v) is 6.87. The lowest BCUT2D eigenvalue weighted by Crippen LogP contribution is -2.04. The van der Waals surface area contributed by atoms with Gasteiger partial charge in [0.2, 0.25) is 0 Å². The molecule has 2 rings (SSSR count). The van der Waals surface area contributed by atoms with Crippen LogP contribution in [0.4, 0.5) is 0 Å². The number of Topliss-reactive ketones (excluding diaryl/α,β-unsaturated/α-hetero) is 1. The molecule has 4 heteroatoms. The zero-order chi connectivity index (χ0) is 13.1. The van der Waals surface area contributed by atoms with Gasteiger partial charge in [-0.2, -0.15) is 0 Å². The molecule has 92 valence electrons. The minimum Gasteiger partial charge on any atom is -0.294 e. The molecule has 0 spiro atoms. The Morgan fingerprint density at radius 2 is 1.72 bits per heavy atom. The van der Waals surface area contributed by atoms with Crippen LogP contribution in [0.15, 0.2) is 51.4 Å². The second-order valence-electron chi connectivity index (χ2n) is 3.85. The van der Waals surface area contributed by atoms with E-state index in [-0.39, 0.29) is 5.78 Å². The normalized spacial score (nSPS) is 10.4. The highest BCUT2D eigenvalue weighted by Crippen LogP contribution is 2.23. The van der Waals surface area contributed by atoms with Crippen LogP contribution in [0.1, 0.15) is 15.9 Å². The van der Waals surface area contributed by atoms with E-state index in [1.807, 2.05) is 42.5 Å². The van der Waals surface area contributed by atoms with Crippen molar-refractivity contribution in [2.75, 3.05) is 0 Å². The van der Waals surface area contributed by atoms with E-state index in [4.69, 9.17) is 0 Å². The molecule has 0 bridgehead atoms. The zero-order valence-electron chi connectivity index (χ0n) is 9.29. The SMILES string of the molecule is O=C(Cc1ccc(I)cc1)c1ccc(Br)cc1Br. The highest BCUT2D eigenvalue weighted by Gasteiger charge is 2.11. The molecule has 0 atom stereocenters. The van der Waals surface area contributed by atoms with Gasteiger partial charge in [-0.25, -0.2) is 0 Å². The molecule has 0 unspecified atom stereocenters. The first kappa shape index (κ1) is 14.2. The first-order chi connectivity index (χ1) is 8.56. The molecule has 0 amide bonds. The summed E-state index contributed by atoms with van der Waals surface area (Å²) in [6.45, 7) is 0. The Morgan fingerprint density at radius 1 is 1.06 bits per heavy atom. The number of halogens is 3. The van der Waals surface area contributed by atoms with Crippen molar-refractivity contribution in [1.29, 1.82) is 0 Å². The van der Waals surface area contributed by atoms with E-state index in [0.29, 0.717) is 6.42 Å². The molecule has 1 nitrogen and oxygen atoms in total. The maximum absolute atomic E-state index is 12.2. The fraction of sp³-hybridized carbons (Fsp3) is 0.0714. The van der Waals surface area contributed by atoms with Crippen LogP contribution in [0.25, 0.3) is 0 Å². The van der Waals surface area contributed by atoms with Crippen molar-refractivity contribution in [3.05, 3.63) is 66.1 Å². The Hall–Kier alpha value is -0.200. The molecule has 0 aromatic heterocycles. The van der Waals surface area contributed by atoms with Crippen LogP contribution in [0, 0.1) is 3.57 Å². The van der Waals surface area contributed by atoms with Crippen LogP contribution < -0.4 is 0 Å². The van der Waals surface area contributed by atoms with Gasteiger partial charge in [0.05, 0.1) is 0 Å². The summed E-state index contributed by atoms with van der Waals surface area (Å²) in [6.07, 6.45) is 0.428. The molecule has 18 heavy (non-hydrogen) atoms. The Kier molecular flexibility index (Phi) is 4.98. The average Bonchev–Trinajstić information content (AvgIpc) is 2.32. The predicted molar refractivity (Wildman–Crippen MR) is 89.0 cm³/mol. The summed E-state index contributed by atoms with van der Waals surface area (Å²) in [4.78, 5) is 12.2. The zero-order valence-corrected chi connectivity index (χ0v) is 14.6. The lowest BCUT2D eigenvalue weighted by molar-refractivity contribution is 0.0992. The number of ketones is 1. The largest absolute Gasteiger partial charge is 0.294 e. The van der Waals surface area contributed by atoms with Gasteiger partial charge in [0, 0.05) is 24.5 Å². The van der Waals surface area contributed by atoms with Gasteiger partial charge in [-0.05, 0) is 58.5 Å². The van der Waals surface area contributed by atoms with E-state index in [2.05, 4.69) is 54.5 Å². The summed E-state index contributed by atoms with van der Waals surface area (Å²) < 4.78 is 2.96.